The Balaban J connectivity index is 1.01. The van der Waals surface area contributed by atoms with Crippen molar-refractivity contribution in [3.05, 3.63) is 11.6 Å². The van der Waals surface area contributed by atoms with Crippen molar-refractivity contribution in [3.8, 4) is 0 Å². The van der Waals surface area contributed by atoms with Crippen molar-refractivity contribution < 1.29 is 114 Å². The SMILES string of the molecule is CC(C)=CCC[C@](C)(OC1OC(COC2OC(CO)C(O)C(O)C2O)C(O)C(O)C1O)[C@@H]1CC[C@]2(C)[C@@H]1C(O)C[C@H]1[C@@]3(C)CCC(OC4OC(CO)C(O)C(O)C4OC4OC(CO)C(O)C(O)C4O)C(C)(C)[C@H]3CC[C@]12C. The van der Waals surface area contributed by atoms with Crippen LogP contribution < -0.4 is 0 Å². The first-order valence-corrected chi connectivity index (χ1v) is 27.9. The molecule has 4 saturated heterocycles. The number of aliphatic hydroxyl groups is 15. The molecule has 0 spiro atoms. The van der Waals surface area contributed by atoms with Crippen molar-refractivity contribution in [2.24, 2.45) is 45.3 Å². The summed E-state index contributed by atoms with van der Waals surface area (Å²) in [6.45, 7) is 14.6. The third kappa shape index (κ3) is 10.9. The van der Waals surface area contributed by atoms with E-state index in [1.807, 2.05) is 20.8 Å². The minimum absolute atomic E-state index is 0.0374. The molecule has 446 valence electrons. The summed E-state index contributed by atoms with van der Waals surface area (Å²) in [5.74, 6) is -0.475. The maximum atomic E-state index is 12.8. The summed E-state index contributed by atoms with van der Waals surface area (Å²) in [5, 5.41) is 162. The van der Waals surface area contributed by atoms with Crippen molar-refractivity contribution in [3.63, 3.8) is 0 Å². The van der Waals surface area contributed by atoms with E-state index >= 15 is 0 Å². The third-order valence-corrected chi connectivity index (χ3v) is 20.9. The van der Waals surface area contributed by atoms with Gasteiger partial charge in [0, 0.05) is 0 Å². The van der Waals surface area contributed by atoms with Gasteiger partial charge in [-0.1, -0.05) is 46.3 Å². The van der Waals surface area contributed by atoms with Crippen molar-refractivity contribution in [2.75, 3.05) is 26.4 Å². The average molecular weight is 1110 g/mol. The van der Waals surface area contributed by atoms with Crippen LogP contribution in [0.15, 0.2) is 11.6 Å². The number of ether oxygens (including phenoxy) is 8. The first kappa shape index (κ1) is 61.9. The van der Waals surface area contributed by atoms with Gasteiger partial charge in [-0.2, -0.15) is 0 Å². The molecule has 4 heterocycles. The molecule has 4 aliphatic carbocycles. The maximum absolute atomic E-state index is 12.8. The van der Waals surface area contributed by atoms with Crippen LogP contribution in [0.4, 0.5) is 0 Å². The number of allylic oxidation sites excluding steroid dienone is 2. The van der Waals surface area contributed by atoms with Crippen LogP contribution in [0.5, 0.6) is 0 Å². The van der Waals surface area contributed by atoms with Gasteiger partial charge in [-0.05, 0) is 124 Å². The van der Waals surface area contributed by atoms with E-state index in [0.717, 1.165) is 24.8 Å². The highest BCUT2D eigenvalue weighted by Crippen LogP contribution is 2.76. The van der Waals surface area contributed by atoms with Gasteiger partial charge in [0.15, 0.2) is 25.2 Å². The molecule has 22 unspecified atom stereocenters. The lowest BCUT2D eigenvalue weighted by molar-refractivity contribution is -0.378. The largest absolute Gasteiger partial charge is 0.394 e. The second-order valence-corrected chi connectivity index (χ2v) is 25.7. The summed E-state index contributed by atoms with van der Waals surface area (Å²) >= 11 is 0. The topological polar surface area (TPSA) is 377 Å². The van der Waals surface area contributed by atoms with Gasteiger partial charge in [0.1, 0.15) is 97.7 Å². The molecule has 4 aliphatic heterocycles. The van der Waals surface area contributed by atoms with E-state index in [0.29, 0.717) is 38.5 Å². The summed E-state index contributed by atoms with van der Waals surface area (Å²) in [7, 11) is 0. The molecule has 23 heteroatoms. The molecule has 0 aromatic rings. The van der Waals surface area contributed by atoms with E-state index < -0.39 is 178 Å². The van der Waals surface area contributed by atoms with Crippen molar-refractivity contribution in [1.82, 2.24) is 0 Å². The second-order valence-electron chi connectivity index (χ2n) is 25.7. The second kappa shape index (κ2) is 23.5. The minimum atomic E-state index is -1.82. The van der Waals surface area contributed by atoms with Crippen molar-refractivity contribution >= 4 is 0 Å². The Morgan fingerprint density at radius 3 is 1.64 bits per heavy atom. The van der Waals surface area contributed by atoms with E-state index in [4.69, 9.17) is 37.9 Å². The third-order valence-electron chi connectivity index (χ3n) is 20.9. The van der Waals surface area contributed by atoms with Gasteiger partial charge in [-0.25, -0.2) is 0 Å². The molecular formula is C54H92O23. The van der Waals surface area contributed by atoms with Crippen LogP contribution in [0.25, 0.3) is 0 Å². The highest BCUT2D eigenvalue weighted by atomic mass is 16.8. The molecule has 4 saturated carbocycles. The van der Waals surface area contributed by atoms with Crippen molar-refractivity contribution in [2.45, 2.75) is 254 Å². The fraction of sp³-hybridized carbons (Fsp3) is 0.963. The molecule has 77 heavy (non-hydrogen) atoms. The zero-order valence-corrected chi connectivity index (χ0v) is 45.8. The van der Waals surface area contributed by atoms with Crippen LogP contribution in [-0.4, -0.2) is 244 Å². The molecule has 0 aromatic heterocycles. The smallest absolute Gasteiger partial charge is 0.187 e. The van der Waals surface area contributed by atoms with Crippen LogP contribution in [-0.2, 0) is 37.9 Å². The molecule has 23 nitrogen and oxygen atoms in total. The quantitative estimate of drug-likeness (QED) is 0.0576. The van der Waals surface area contributed by atoms with Crippen LogP contribution in [0.1, 0.15) is 113 Å². The molecule has 8 fully saturated rings. The van der Waals surface area contributed by atoms with Gasteiger partial charge in [-0.3, -0.25) is 0 Å². The Kier molecular flexibility index (Phi) is 18.9. The molecule has 0 amide bonds. The average Bonchev–Trinajstić information content (AvgIpc) is 3.96. The highest BCUT2D eigenvalue weighted by Gasteiger charge is 2.72. The Bertz CT molecular complexity index is 1990. The molecular weight excluding hydrogens is 1020 g/mol. The summed E-state index contributed by atoms with van der Waals surface area (Å²) in [6, 6.07) is 0. The fourth-order valence-corrected chi connectivity index (χ4v) is 16.3. The zero-order chi connectivity index (χ0) is 56.6. The predicted octanol–water partition coefficient (Wildman–Crippen LogP) is -2.20. The number of hydrogen-bond acceptors (Lipinski definition) is 23. The summed E-state index contributed by atoms with van der Waals surface area (Å²) in [6.07, 6.45) is -25.2. The van der Waals surface area contributed by atoms with Crippen LogP contribution in [0.2, 0.25) is 0 Å². The number of hydrogen-bond donors (Lipinski definition) is 15. The van der Waals surface area contributed by atoms with E-state index in [1.165, 1.54) is 0 Å². The van der Waals surface area contributed by atoms with Gasteiger partial charge in [0.25, 0.3) is 0 Å². The lowest BCUT2D eigenvalue weighted by atomic mass is 9.35. The molecule has 8 aliphatic rings. The molecule has 30 atom stereocenters. The van der Waals surface area contributed by atoms with Gasteiger partial charge in [0.05, 0.1) is 44.2 Å². The van der Waals surface area contributed by atoms with Gasteiger partial charge in [-0.15, -0.1) is 0 Å². The van der Waals surface area contributed by atoms with Gasteiger partial charge in [0.2, 0.25) is 0 Å². The maximum Gasteiger partial charge on any atom is 0.187 e. The van der Waals surface area contributed by atoms with Crippen LogP contribution >= 0.6 is 0 Å². The molecule has 8 rings (SSSR count). The lowest BCUT2D eigenvalue weighted by Crippen LogP contribution is -2.68. The van der Waals surface area contributed by atoms with E-state index in [-0.39, 0.29) is 34.5 Å². The van der Waals surface area contributed by atoms with E-state index in [2.05, 4.69) is 40.7 Å². The number of rotatable bonds is 16. The van der Waals surface area contributed by atoms with Crippen LogP contribution in [0.3, 0.4) is 0 Å². The van der Waals surface area contributed by atoms with Crippen LogP contribution in [0, 0.1) is 45.3 Å². The molecule has 15 N–H and O–H groups in total. The first-order valence-electron chi connectivity index (χ1n) is 27.9. The Morgan fingerprint density at radius 1 is 0.545 bits per heavy atom. The van der Waals surface area contributed by atoms with E-state index in [1.54, 1.807) is 0 Å². The Morgan fingerprint density at radius 2 is 1.05 bits per heavy atom. The monoisotopic (exact) mass is 1110 g/mol. The number of aliphatic hydroxyl groups excluding tert-OH is 15. The molecule has 0 bridgehead atoms. The minimum Gasteiger partial charge on any atom is -0.394 e. The molecule has 0 radical (unpaired) electrons. The summed E-state index contributed by atoms with van der Waals surface area (Å²) in [5.41, 5.74) is -1.59. The van der Waals surface area contributed by atoms with Gasteiger partial charge >= 0.3 is 0 Å². The highest BCUT2D eigenvalue weighted by molar-refractivity contribution is 5.20. The predicted molar refractivity (Wildman–Crippen MR) is 266 cm³/mol. The standard InChI is InChI=1S/C54H92O23/c1-23(2)10-9-14-54(8,77-48-44(69)40(65)37(62)29(74-48)22-70-46-42(67)38(63)34(59)26(19-55)71-46)24-11-16-53(7)33(24)25(58)18-31-51(5)15-13-32(50(3,4)30(51)12-17-52(31,53)6)75-49-45(41(66)36(61)28(21-57)73-49)76-47-43(68)39(64)35(60)27(20-56)72-47/h10,24-49,55-69H,9,11-22H2,1-8H3/t24-,25?,26?,27?,28?,29?,30-,31+,32?,33+,34?,35?,36?,37?,38?,39?,40?,41?,42?,43?,44?,45?,46?,47?,48?,49?,51+,52-,53-,54+/m1/s1. The Hall–Kier alpha value is -1.18. The molecule has 0 aromatic carbocycles. The summed E-state index contributed by atoms with van der Waals surface area (Å²) in [4.78, 5) is 0. The number of fused-ring (bicyclic) bond motifs is 5. The van der Waals surface area contributed by atoms with Crippen molar-refractivity contribution in [1.29, 1.82) is 0 Å². The first-order chi connectivity index (χ1) is 36.0. The Labute approximate surface area is 450 Å². The normalized spacial score (nSPS) is 52.7. The van der Waals surface area contributed by atoms with E-state index in [9.17, 15) is 76.6 Å². The summed E-state index contributed by atoms with van der Waals surface area (Å²) < 4.78 is 48.9. The van der Waals surface area contributed by atoms with Gasteiger partial charge < -0.3 is 114 Å². The fourth-order valence-electron chi connectivity index (χ4n) is 16.3. The lowest BCUT2D eigenvalue weighted by Gasteiger charge is -2.71. The zero-order valence-electron chi connectivity index (χ0n) is 45.8.